The third-order valence-electron chi connectivity index (χ3n) is 4.28. The highest BCUT2D eigenvalue weighted by Crippen LogP contribution is 2.34. The molecule has 1 saturated carbocycles. The summed E-state index contributed by atoms with van der Waals surface area (Å²) in [4.78, 5) is 24.4. The summed E-state index contributed by atoms with van der Waals surface area (Å²) in [6, 6.07) is 5.16. The Morgan fingerprint density at radius 3 is 2.50 bits per heavy atom. The van der Waals surface area contributed by atoms with Crippen molar-refractivity contribution in [3.8, 4) is 5.75 Å². The first kappa shape index (κ1) is 14.8. The Kier molecular flexibility index (Phi) is 3.98. The van der Waals surface area contributed by atoms with Gasteiger partial charge in [0.25, 0.3) is 5.91 Å². The maximum Gasteiger partial charge on any atom is 0.323 e. The lowest BCUT2D eigenvalue weighted by Gasteiger charge is -2.32. The standard InChI is InChI=1S/C15H19N3O4/c16-15(19)12-2-1-3-13(14(12)18(20)21)22-11-6-8-17(9-7-11)10-4-5-10/h1-3,10-11H,4-9H2,(H2,16,19). The summed E-state index contributed by atoms with van der Waals surface area (Å²) in [6.07, 6.45) is 4.18. The molecule has 2 fully saturated rings. The van der Waals surface area contributed by atoms with Crippen LogP contribution in [0.1, 0.15) is 36.0 Å². The second kappa shape index (κ2) is 5.92. The lowest BCUT2D eigenvalue weighted by molar-refractivity contribution is -0.386. The number of ether oxygens (including phenoxy) is 1. The molecule has 0 bridgehead atoms. The molecule has 1 aromatic carbocycles. The fourth-order valence-electron chi connectivity index (χ4n) is 2.98. The molecule has 0 unspecified atom stereocenters. The van der Waals surface area contributed by atoms with Gasteiger partial charge in [-0.2, -0.15) is 0 Å². The maximum atomic E-state index is 11.4. The molecular formula is C15H19N3O4. The van der Waals surface area contributed by atoms with Crippen LogP contribution >= 0.6 is 0 Å². The number of benzene rings is 1. The number of para-hydroxylation sites is 1. The third kappa shape index (κ3) is 3.04. The molecule has 0 spiro atoms. The van der Waals surface area contributed by atoms with Gasteiger partial charge < -0.3 is 15.4 Å². The summed E-state index contributed by atoms with van der Waals surface area (Å²) >= 11 is 0. The van der Waals surface area contributed by atoms with Crippen molar-refractivity contribution in [2.75, 3.05) is 13.1 Å². The molecule has 1 aromatic rings. The smallest absolute Gasteiger partial charge is 0.323 e. The van der Waals surface area contributed by atoms with Crippen LogP contribution in [0.25, 0.3) is 0 Å². The summed E-state index contributed by atoms with van der Waals surface area (Å²) in [5, 5.41) is 11.2. The van der Waals surface area contributed by atoms with Crippen molar-refractivity contribution in [2.24, 2.45) is 5.73 Å². The van der Waals surface area contributed by atoms with Crippen LogP contribution in [-0.4, -0.2) is 41.0 Å². The van der Waals surface area contributed by atoms with Gasteiger partial charge in [-0.05, 0) is 37.8 Å². The Bertz CT molecular complexity index is 592. The lowest BCUT2D eigenvalue weighted by Crippen LogP contribution is -2.39. The van der Waals surface area contributed by atoms with Gasteiger partial charge in [0.2, 0.25) is 0 Å². The van der Waals surface area contributed by atoms with E-state index in [-0.39, 0.29) is 23.1 Å². The number of nitro groups is 1. The van der Waals surface area contributed by atoms with Crippen LogP contribution in [0.15, 0.2) is 18.2 Å². The van der Waals surface area contributed by atoms with E-state index in [4.69, 9.17) is 10.5 Å². The first-order valence-corrected chi connectivity index (χ1v) is 7.54. The molecule has 0 atom stereocenters. The van der Waals surface area contributed by atoms with Crippen molar-refractivity contribution in [1.82, 2.24) is 4.90 Å². The van der Waals surface area contributed by atoms with Crippen LogP contribution in [0.3, 0.4) is 0 Å². The van der Waals surface area contributed by atoms with E-state index in [1.54, 1.807) is 6.07 Å². The van der Waals surface area contributed by atoms with Crippen LogP contribution < -0.4 is 10.5 Å². The molecule has 1 heterocycles. The summed E-state index contributed by atoms with van der Waals surface area (Å²) in [5.41, 5.74) is 4.76. The summed E-state index contributed by atoms with van der Waals surface area (Å²) in [6.45, 7) is 1.91. The number of nitro benzene ring substituents is 1. The Labute approximate surface area is 128 Å². The number of primary amides is 1. The van der Waals surface area contributed by atoms with Gasteiger partial charge >= 0.3 is 5.69 Å². The SMILES string of the molecule is NC(=O)c1cccc(OC2CCN(C3CC3)CC2)c1[N+](=O)[O-]. The molecule has 22 heavy (non-hydrogen) atoms. The highest BCUT2D eigenvalue weighted by Gasteiger charge is 2.33. The molecule has 0 radical (unpaired) electrons. The molecule has 1 aliphatic heterocycles. The molecular weight excluding hydrogens is 286 g/mol. The van der Waals surface area contributed by atoms with Gasteiger partial charge in [0.05, 0.1) is 4.92 Å². The molecule has 2 aliphatic rings. The van der Waals surface area contributed by atoms with Gasteiger partial charge in [0, 0.05) is 19.1 Å². The Morgan fingerprint density at radius 2 is 1.95 bits per heavy atom. The van der Waals surface area contributed by atoms with Crippen LogP contribution in [0.4, 0.5) is 5.69 Å². The quantitative estimate of drug-likeness (QED) is 0.659. The second-order valence-corrected chi connectivity index (χ2v) is 5.86. The van der Waals surface area contributed by atoms with Gasteiger partial charge in [0.15, 0.2) is 5.75 Å². The van der Waals surface area contributed by atoms with Gasteiger partial charge in [0.1, 0.15) is 11.7 Å². The minimum Gasteiger partial charge on any atom is -0.483 e. The van der Waals surface area contributed by atoms with Crippen LogP contribution in [-0.2, 0) is 0 Å². The van der Waals surface area contributed by atoms with Crippen LogP contribution in [0.2, 0.25) is 0 Å². The molecule has 1 amide bonds. The summed E-state index contributed by atoms with van der Waals surface area (Å²) in [7, 11) is 0. The maximum absolute atomic E-state index is 11.4. The topological polar surface area (TPSA) is 98.7 Å². The number of likely N-dealkylation sites (tertiary alicyclic amines) is 1. The number of rotatable bonds is 5. The average Bonchev–Trinajstić information content (AvgIpc) is 3.32. The molecule has 7 nitrogen and oxygen atoms in total. The average molecular weight is 305 g/mol. The van der Waals surface area contributed by atoms with Gasteiger partial charge in [-0.15, -0.1) is 0 Å². The number of nitrogens with zero attached hydrogens (tertiary/aromatic N) is 2. The van der Waals surface area contributed by atoms with Crippen molar-refractivity contribution < 1.29 is 14.5 Å². The van der Waals surface area contributed by atoms with Crippen molar-refractivity contribution in [1.29, 1.82) is 0 Å². The van der Waals surface area contributed by atoms with E-state index in [9.17, 15) is 14.9 Å². The lowest BCUT2D eigenvalue weighted by atomic mass is 10.1. The summed E-state index contributed by atoms with van der Waals surface area (Å²) in [5.74, 6) is -0.688. The van der Waals surface area contributed by atoms with E-state index in [2.05, 4.69) is 4.90 Å². The van der Waals surface area contributed by atoms with E-state index in [0.29, 0.717) is 0 Å². The van der Waals surface area contributed by atoms with E-state index in [0.717, 1.165) is 32.0 Å². The number of hydrogen-bond acceptors (Lipinski definition) is 5. The van der Waals surface area contributed by atoms with E-state index >= 15 is 0 Å². The van der Waals surface area contributed by atoms with Gasteiger partial charge in [-0.3, -0.25) is 14.9 Å². The normalized spacial score (nSPS) is 19.8. The van der Waals surface area contributed by atoms with Crippen molar-refractivity contribution in [3.63, 3.8) is 0 Å². The number of nitrogens with two attached hydrogens (primary N) is 1. The Balaban J connectivity index is 1.73. The fourth-order valence-corrected chi connectivity index (χ4v) is 2.98. The van der Waals surface area contributed by atoms with Crippen molar-refractivity contribution in [2.45, 2.75) is 37.8 Å². The molecule has 0 aromatic heterocycles. The number of carbonyl (C=O) groups is 1. The van der Waals surface area contributed by atoms with E-state index < -0.39 is 10.8 Å². The largest absolute Gasteiger partial charge is 0.483 e. The molecule has 118 valence electrons. The van der Waals surface area contributed by atoms with Gasteiger partial charge in [-0.1, -0.05) is 6.07 Å². The molecule has 3 rings (SSSR count). The zero-order chi connectivity index (χ0) is 15.7. The monoisotopic (exact) mass is 305 g/mol. The highest BCUT2D eigenvalue weighted by atomic mass is 16.6. The molecule has 1 saturated heterocycles. The number of hydrogen-bond donors (Lipinski definition) is 1. The number of piperidine rings is 1. The third-order valence-corrected chi connectivity index (χ3v) is 4.28. The Hall–Kier alpha value is -2.15. The predicted molar refractivity (Wildman–Crippen MR) is 79.9 cm³/mol. The van der Waals surface area contributed by atoms with Gasteiger partial charge in [-0.25, -0.2) is 0 Å². The zero-order valence-electron chi connectivity index (χ0n) is 12.2. The predicted octanol–water partition coefficient (Wildman–Crippen LogP) is 1.70. The highest BCUT2D eigenvalue weighted by molar-refractivity contribution is 5.98. The number of carbonyl (C=O) groups excluding carboxylic acids is 1. The molecule has 1 aliphatic carbocycles. The van der Waals surface area contributed by atoms with Crippen LogP contribution in [0.5, 0.6) is 5.75 Å². The number of amides is 1. The van der Waals surface area contributed by atoms with E-state index in [1.807, 2.05) is 0 Å². The molecule has 2 N–H and O–H groups in total. The summed E-state index contributed by atoms with van der Waals surface area (Å²) < 4.78 is 5.81. The minimum atomic E-state index is -0.819. The Morgan fingerprint density at radius 1 is 1.27 bits per heavy atom. The van der Waals surface area contributed by atoms with Crippen LogP contribution in [0, 0.1) is 10.1 Å². The first-order valence-electron chi connectivity index (χ1n) is 7.54. The first-order chi connectivity index (χ1) is 10.6. The van der Waals surface area contributed by atoms with Crippen molar-refractivity contribution in [3.05, 3.63) is 33.9 Å². The van der Waals surface area contributed by atoms with E-state index in [1.165, 1.54) is 25.0 Å². The fraction of sp³-hybridized carbons (Fsp3) is 0.533. The minimum absolute atomic E-state index is 0.0585. The zero-order valence-corrected chi connectivity index (χ0v) is 12.2. The van der Waals surface area contributed by atoms with Crippen molar-refractivity contribution >= 4 is 11.6 Å². The molecule has 7 heteroatoms. The second-order valence-electron chi connectivity index (χ2n) is 5.86.